The SMILES string of the molecule is COC(=O)CCNC(=O)C1OP(=O)(N2CCOCC2)OCC1(C)C. The summed E-state index contributed by atoms with van der Waals surface area (Å²) in [6.07, 6.45) is -0.870. The van der Waals surface area contributed by atoms with E-state index in [0.29, 0.717) is 26.3 Å². The van der Waals surface area contributed by atoms with Crippen LogP contribution in [0.3, 0.4) is 0 Å². The predicted molar refractivity (Wildman–Crippen MR) is 84.2 cm³/mol. The molecule has 0 radical (unpaired) electrons. The van der Waals surface area contributed by atoms with Crippen molar-refractivity contribution in [2.24, 2.45) is 5.41 Å². The number of ether oxygens (including phenoxy) is 2. The predicted octanol–water partition coefficient (Wildman–Crippen LogP) is 0.548. The molecule has 2 saturated heterocycles. The maximum absolute atomic E-state index is 13.0. The van der Waals surface area contributed by atoms with Crippen LogP contribution in [0.25, 0.3) is 0 Å². The quantitative estimate of drug-likeness (QED) is 0.557. The molecule has 0 aromatic carbocycles. The molecular weight excluding hydrogens is 339 g/mol. The first-order valence-electron chi connectivity index (χ1n) is 7.89. The number of carbonyl (C=O) groups is 2. The lowest BCUT2D eigenvalue weighted by atomic mass is 9.87. The molecule has 0 aromatic rings. The molecule has 0 aliphatic carbocycles. The van der Waals surface area contributed by atoms with Gasteiger partial charge in [-0.3, -0.25) is 18.6 Å². The number of rotatable bonds is 5. The van der Waals surface area contributed by atoms with Crippen LogP contribution in [-0.4, -0.2) is 69.2 Å². The highest BCUT2D eigenvalue weighted by molar-refractivity contribution is 7.51. The first-order valence-corrected chi connectivity index (χ1v) is 9.39. The Morgan fingerprint density at radius 2 is 2.00 bits per heavy atom. The number of hydrogen-bond donors (Lipinski definition) is 1. The summed E-state index contributed by atoms with van der Waals surface area (Å²) >= 11 is 0. The molecule has 2 aliphatic heterocycles. The van der Waals surface area contributed by atoms with Crippen molar-refractivity contribution in [1.29, 1.82) is 0 Å². The number of hydrogen-bond acceptors (Lipinski definition) is 7. The third-order valence-electron chi connectivity index (χ3n) is 3.98. The molecule has 2 unspecified atom stereocenters. The van der Waals surface area contributed by atoms with E-state index in [0.717, 1.165) is 0 Å². The average molecular weight is 364 g/mol. The van der Waals surface area contributed by atoms with Crippen LogP contribution >= 0.6 is 7.75 Å². The lowest BCUT2D eigenvalue weighted by molar-refractivity contribution is -0.142. The van der Waals surface area contributed by atoms with Crippen LogP contribution in [-0.2, 0) is 32.7 Å². The van der Waals surface area contributed by atoms with Crippen molar-refractivity contribution in [1.82, 2.24) is 9.99 Å². The van der Waals surface area contributed by atoms with Crippen LogP contribution in [0.5, 0.6) is 0 Å². The smallest absolute Gasteiger partial charge is 0.409 e. The monoisotopic (exact) mass is 364 g/mol. The van der Waals surface area contributed by atoms with Crippen molar-refractivity contribution in [2.45, 2.75) is 26.4 Å². The second kappa shape index (κ2) is 7.93. The zero-order valence-corrected chi connectivity index (χ0v) is 15.2. The molecule has 9 nitrogen and oxygen atoms in total. The van der Waals surface area contributed by atoms with Gasteiger partial charge in [-0.1, -0.05) is 13.8 Å². The Bertz CT molecular complexity index is 519. The topological polar surface area (TPSA) is 103 Å². The summed E-state index contributed by atoms with van der Waals surface area (Å²) in [6.45, 7) is 5.61. The Kier molecular flexibility index (Phi) is 6.39. The maximum Gasteiger partial charge on any atom is 0.409 e. The fourth-order valence-corrected chi connectivity index (χ4v) is 4.62. The molecule has 2 fully saturated rings. The van der Waals surface area contributed by atoms with Crippen LogP contribution in [0.15, 0.2) is 0 Å². The molecule has 2 heterocycles. The summed E-state index contributed by atoms with van der Waals surface area (Å²) < 4.78 is 35.5. The van der Waals surface area contributed by atoms with E-state index in [2.05, 4.69) is 10.1 Å². The zero-order chi connectivity index (χ0) is 17.8. The van der Waals surface area contributed by atoms with Gasteiger partial charge in [0.05, 0.1) is 33.4 Å². The van der Waals surface area contributed by atoms with Gasteiger partial charge in [0, 0.05) is 25.0 Å². The minimum Gasteiger partial charge on any atom is -0.469 e. The molecular formula is C14H25N2O7P. The number of nitrogens with zero attached hydrogens (tertiary/aromatic N) is 1. The lowest BCUT2D eigenvalue weighted by Crippen LogP contribution is -2.51. The van der Waals surface area contributed by atoms with Gasteiger partial charge in [-0.25, -0.2) is 9.24 Å². The van der Waals surface area contributed by atoms with Crippen molar-refractivity contribution >= 4 is 19.6 Å². The molecule has 2 aliphatic rings. The van der Waals surface area contributed by atoms with Crippen molar-refractivity contribution in [3.63, 3.8) is 0 Å². The average Bonchev–Trinajstić information content (AvgIpc) is 2.57. The Balaban J connectivity index is 2.01. The fraction of sp³-hybridized carbons (Fsp3) is 0.857. The van der Waals surface area contributed by atoms with Gasteiger partial charge in [0.1, 0.15) is 0 Å². The minimum absolute atomic E-state index is 0.0625. The van der Waals surface area contributed by atoms with E-state index in [1.807, 2.05) is 0 Å². The molecule has 0 spiro atoms. The fourth-order valence-electron chi connectivity index (χ4n) is 2.46. The number of methoxy groups -OCH3 is 1. The van der Waals surface area contributed by atoms with Crippen molar-refractivity contribution in [2.75, 3.05) is 46.6 Å². The van der Waals surface area contributed by atoms with Gasteiger partial charge < -0.3 is 14.8 Å². The van der Waals surface area contributed by atoms with Gasteiger partial charge in [-0.2, -0.15) is 0 Å². The van der Waals surface area contributed by atoms with Crippen LogP contribution in [0, 0.1) is 5.41 Å². The Morgan fingerprint density at radius 3 is 2.62 bits per heavy atom. The molecule has 2 rings (SSSR count). The van der Waals surface area contributed by atoms with Gasteiger partial charge in [-0.05, 0) is 0 Å². The first-order chi connectivity index (χ1) is 11.3. The molecule has 0 aromatic heterocycles. The van der Waals surface area contributed by atoms with Crippen LogP contribution in [0.2, 0.25) is 0 Å². The highest BCUT2D eigenvalue weighted by atomic mass is 31.2. The summed E-state index contributed by atoms with van der Waals surface area (Å²) in [7, 11) is -2.25. The molecule has 24 heavy (non-hydrogen) atoms. The second-order valence-corrected chi connectivity index (χ2v) is 8.37. The number of esters is 1. The standard InChI is InChI=1S/C14H25N2O7P/c1-14(2)10-22-24(19,16-6-8-21-9-7-16)23-12(14)13(18)15-5-4-11(17)20-3/h12H,4-10H2,1-3H3,(H,15,18). The first kappa shape index (κ1) is 19.3. The molecule has 1 amide bonds. The van der Waals surface area contributed by atoms with E-state index in [4.69, 9.17) is 13.8 Å². The number of morpholine rings is 1. The van der Waals surface area contributed by atoms with E-state index >= 15 is 0 Å². The van der Waals surface area contributed by atoms with Crippen LogP contribution in [0.4, 0.5) is 0 Å². The Hall–Kier alpha value is -0.990. The number of nitrogens with one attached hydrogen (secondary N) is 1. The lowest BCUT2D eigenvalue weighted by Gasteiger charge is -2.43. The summed E-state index contributed by atoms with van der Waals surface area (Å²) in [5.41, 5.74) is -0.643. The van der Waals surface area contributed by atoms with Crippen LogP contribution < -0.4 is 5.32 Å². The summed E-state index contributed by atoms with van der Waals surface area (Å²) in [5.74, 6) is -0.831. The largest absolute Gasteiger partial charge is 0.469 e. The highest BCUT2D eigenvalue weighted by Gasteiger charge is 2.50. The zero-order valence-electron chi connectivity index (χ0n) is 14.3. The molecule has 10 heteroatoms. The van der Waals surface area contributed by atoms with Crippen molar-refractivity contribution in [3.05, 3.63) is 0 Å². The van der Waals surface area contributed by atoms with Gasteiger partial charge in [-0.15, -0.1) is 0 Å². The molecule has 0 bridgehead atoms. The van der Waals surface area contributed by atoms with Gasteiger partial charge in [0.15, 0.2) is 6.10 Å². The summed E-state index contributed by atoms with van der Waals surface area (Å²) in [5, 5.41) is 2.63. The summed E-state index contributed by atoms with van der Waals surface area (Å²) in [6, 6.07) is 0. The molecule has 2 atom stereocenters. The second-order valence-electron chi connectivity index (χ2n) is 6.40. The molecule has 138 valence electrons. The molecule has 1 N–H and O–H groups in total. The normalized spacial score (nSPS) is 30.5. The van der Waals surface area contributed by atoms with E-state index in [9.17, 15) is 14.2 Å². The Morgan fingerprint density at radius 1 is 1.33 bits per heavy atom. The number of carbonyl (C=O) groups excluding carboxylic acids is 2. The Labute approximate surface area is 141 Å². The third-order valence-corrected chi connectivity index (χ3v) is 6.00. The summed E-state index contributed by atoms with van der Waals surface area (Å²) in [4.78, 5) is 23.6. The van der Waals surface area contributed by atoms with Gasteiger partial charge >= 0.3 is 13.7 Å². The maximum atomic E-state index is 13.0. The van der Waals surface area contributed by atoms with Crippen molar-refractivity contribution < 1.29 is 32.7 Å². The van der Waals surface area contributed by atoms with Crippen molar-refractivity contribution in [3.8, 4) is 0 Å². The molecule has 0 saturated carbocycles. The van der Waals surface area contributed by atoms with Crippen LogP contribution in [0.1, 0.15) is 20.3 Å². The van der Waals surface area contributed by atoms with E-state index in [1.165, 1.54) is 7.11 Å². The van der Waals surface area contributed by atoms with E-state index in [1.54, 1.807) is 18.5 Å². The van der Waals surface area contributed by atoms with E-state index < -0.39 is 31.1 Å². The number of amides is 1. The third kappa shape index (κ3) is 4.55. The van der Waals surface area contributed by atoms with E-state index in [-0.39, 0.29) is 19.6 Å². The van der Waals surface area contributed by atoms with Gasteiger partial charge in [0.25, 0.3) is 0 Å². The van der Waals surface area contributed by atoms with Gasteiger partial charge in [0.2, 0.25) is 5.91 Å². The highest BCUT2D eigenvalue weighted by Crippen LogP contribution is 2.58. The minimum atomic E-state index is -3.53.